The largest absolute Gasteiger partial charge is 0.457 e. The molecule has 4 nitrogen and oxygen atoms in total. The van der Waals surface area contributed by atoms with Crippen molar-refractivity contribution < 1.29 is 9.53 Å². The lowest BCUT2D eigenvalue weighted by Crippen LogP contribution is -2.17. The van der Waals surface area contributed by atoms with Crippen LogP contribution in [0.25, 0.3) is 0 Å². The summed E-state index contributed by atoms with van der Waals surface area (Å²) in [5.41, 5.74) is 3.42. The Morgan fingerprint density at radius 2 is 1.64 bits per heavy atom. The zero-order valence-electron chi connectivity index (χ0n) is 15.0. The van der Waals surface area contributed by atoms with E-state index in [1.165, 1.54) is 0 Å². The van der Waals surface area contributed by atoms with Gasteiger partial charge in [-0.15, -0.1) is 11.8 Å². The molecule has 0 atom stereocenters. The van der Waals surface area contributed by atoms with E-state index in [1.54, 1.807) is 18.0 Å². The standard InChI is InChI=1S/C22H19ClN2O2S/c23-18-8-12-21(13-9-18)28-15-14-22(26)25-24-16-17-6-10-20(11-7-17)27-19-4-2-1-3-5-19/h1-13,16H,14-15H2,(H,25,26). The number of hydrazone groups is 1. The number of ether oxygens (including phenoxy) is 1. The van der Waals surface area contributed by atoms with Gasteiger partial charge in [0.25, 0.3) is 0 Å². The summed E-state index contributed by atoms with van der Waals surface area (Å²) in [6.07, 6.45) is 1.99. The average Bonchev–Trinajstić information content (AvgIpc) is 2.72. The van der Waals surface area contributed by atoms with Crippen molar-refractivity contribution >= 4 is 35.5 Å². The maximum absolute atomic E-state index is 11.9. The quantitative estimate of drug-likeness (QED) is 0.291. The van der Waals surface area contributed by atoms with Crippen LogP contribution in [0.4, 0.5) is 0 Å². The lowest BCUT2D eigenvalue weighted by atomic mass is 10.2. The zero-order valence-corrected chi connectivity index (χ0v) is 16.6. The van der Waals surface area contributed by atoms with Gasteiger partial charge in [-0.25, -0.2) is 5.43 Å². The average molecular weight is 411 g/mol. The van der Waals surface area contributed by atoms with Crippen LogP contribution in [0.3, 0.4) is 0 Å². The van der Waals surface area contributed by atoms with Crippen LogP contribution in [0, 0.1) is 0 Å². The van der Waals surface area contributed by atoms with E-state index in [0.29, 0.717) is 17.2 Å². The lowest BCUT2D eigenvalue weighted by molar-refractivity contribution is -0.120. The molecule has 0 aliphatic carbocycles. The Morgan fingerprint density at radius 1 is 0.964 bits per heavy atom. The first-order chi connectivity index (χ1) is 13.7. The molecule has 0 fully saturated rings. The Kier molecular flexibility index (Phi) is 7.53. The molecule has 1 N–H and O–H groups in total. The minimum atomic E-state index is -0.123. The van der Waals surface area contributed by atoms with Gasteiger partial charge in [0.1, 0.15) is 11.5 Å². The van der Waals surface area contributed by atoms with Crippen LogP contribution >= 0.6 is 23.4 Å². The maximum Gasteiger partial charge on any atom is 0.240 e. The highest BCUT2D eigenvalue weighted by Crippen LogP contribution is 2.21. The second kappa shape index (κ2) is 10.5. The fraction of sp³-hybridized carbons (Fsp3) is 0.0909. The van der Waals surface area contributed by atoms with Crippen LogP contribution < -0.4 is 10.2 Å². The monoisotopic (exact) mass is 410 g/mol. The molecule has 6 heteroatoms. The van der Waals surface area contributed by atoms with Crippen molar-refractivity contribution in [1.82, 2.24) is 5.43 Å². The molecule has 0 heterocycles. The van der Waals surface area contributed by atoms with Crippen molar-refractivity contribution in [2.24, 2.45) is 5.10 Å². The highest BCUT2D eigenvalue weighted by atomic mass is 35.5. The number of amides is 1. The molecule has 1 amide bonds. The Morgan fingerprint density at radius 3 is 2.36 bits per heavy atom. The second-order valence-electron chi connectivity index (χ2n) is 5.83. The number of carbonyl (C=O) groups is 1. The van der Waals surface area contributed by atoms with Gasteiger partial charge >= 0.3 is 0 Å². The van der Waals surface area contributed by atoms with E-state index in [9.17, 15) is 4.79 Å². The Balaban J connectivity index is 1.40. The number of nitrogens with one attached hydrogen (secondary N) is 1. The van der Waals surface area contributed by atoms with E-state index in [-0.39, 0.29) is 5.91 Å². The van der Waals surface area contributed by atoms with Crippen molar-refractivity contribution in [3.63, 3.8) is 0 Å². The highest BCUT2D eigenvalue weighted by Gasteiger charge is 2.01. The first-order valence-corrected chi connectivity index (χ1v) is 10.1. The van der Waals surface area contributed by atoms with Gasteiger partial charge in [-0.1, -0.05) is 29.8 Å². The van der Waals surface area contributed by atoms with Crippen molar-refractivity contribution in [2.45, 2.75) is 11.3 Å². The van der Waals surface area contributed by atoms with Crippen molar-refractivity contribution in [1.29, 1.82) is 0 Å². The number of thioether (sulfide) groups is 1. The summed E-state index contributed by atoms with van der Waals surface area (Å²) in [6.45, 7) is 0. The van der Waals surface area contributed by atoms with E-state index in [1.807, 2.05) is 78.9 Å². The summed E-state index contributed by atoms with van der Waals surface area (Å²) in [6, 6.07) is 24.6. The number of para-hydroxylation sites is 1. The number of hydrogen-bond acceptors (Lipinski definition) is 4. The molecule has 0 unspecified atom stereocenters. The van der Waals surface area contributed by atoms with Gasteiger partial charge in [-0.3, -0.25) is 4.79 Å². The fourth-order valence-corrected chi connectivity index (χ4v) is 3.25. The Hall–Kier alpha value is -2.76. The van der Waals surface area contributed by atoms with E-state index in [4.69, 9.17) is 16.3 Å². The third-order valence-electron chi connectivity index (χ3n) is 3.67. The van der Waals surface area contributed by atoms with Crippen LogP contribution in [0.1, 0.15) is 12.0 Å². The molecule has 0 saturated heterocycles. The van der Waals surface area contributed by atoms with Gasteiger partial charge in [0.15, 0.2) is 0 Å². The molecule has 28 heavy (non-hydrogen) atoms. The molecule has 142 valence electrons. The first-order valence-electron chi connectivity index (χ1n) is 8.72. The van der Waals surface area contributed by atoms with Gasteiger partial charge in [-0.2, -0.15) is 5.10 Å². The SMILES string of the molecule is O=C(CCSc1ccc(Cl)cc1)NN=Cc1ccc(Oc2ccccc2)cc1. The molecule has 0 aliphatic heterocycles. The molecular weight excluding hydrogens is 392 g/mol. The molecule has 0 spiro atoms. The molecular formula is C22H19ClN2O2S. The van der Waals surface area contributed by atoms with Crippen molar-refractivity contribution in [3.05, 3.63) is 89.4 Å². The summed E-state index contributed by atoms with van der Waals surface area (Å²) in [5.74, 6) is 2.08. The van der Waals surface area contributed by atoms with Gasteiger partial charge in [-0.05, 0) is 66.2 Å². The Bertz CT molecular complexity index is 914. The van der Waals surface area contributed by atoms with E-state index in [0.717, 1.165) is 22.0 Å². The third kappa shape index (κ3) is 6.76. The minimum Gasteiger partial charge on any atom is -0.457 e. The number of rotatable bonds is 8. The van der Waals surface area contributed by atoms with Crippen LogP contribution in [-0.4, -0.2) is 17.9 Å². The molecule has 0 saturated carbocycles. The number of halogens is 1. The number of nitrogens with zero attached hydrogens (tertiary/aromatic N) is 1. The lowest BCUT2D eigenvalue weighted by Gasteiger charge is -2.05. The van der Waals surface area contributed by atoms with Gasteiger partial charge < -0.3 is 4.74 Å². The predicted molar refractivity (Wildman–Crippen MR) is 115 cm³/mol. The molecule has 3 rings (SSSR count). The Labute approximate surface area is 173 Å². The molecule has 3 aromatic rings. The van der Waals surface area contributed by atoms with Gasteiger partial charge in [0.05, 0.1) is 6.21 Å². The van der Waals surface area contributed by atoms with E-state index >= 15 is 0 Å². The normalized spacial score (nSPS) is 10.8. The molecule has 0 aliphatic rings. The topological polar surface area (TPSA) is 50.7 Å². The molecule has 0 radical (unpaired) electrons. The highest BCUT2D eigenvalue weighted by molar-refractivity contribution is 7.99. The van der Waals surface area contributed by atoms with Gasteiger partial charge in [0, 0.05) is 22.1 Å². The molecule has 0 bridgehead atoms. The summed E-state index contributed by atoms with van der Waals surface area (Å²) in [7, 11) is 0. The van der Waals surface area contributed by atoms with Crippen LogP contribution in [-0.2, 0) is 4.79 Å². The number of hydrogen-bond donors (Lipinski definition) is 1. The summed E-state index contributed by atoms with van der Waals surface area (Å²) < 4.78 is 5.74. The maximum atomic E-state index is 11.9. The van der Waals surface area contributed by atoms with Crippen LogP contribution in [0.2, 0.25) is 5.02 Å². The van der Waals surface area contributed by atoms with Crippen LogP contribution in [0.5, 0.6) is 11.5 Å². The first kappa shape index (κ1) is 20.0. The molecule has 0 aromatic heterocycles. The third-order valence-corrected chi connectivity index (χ3v) is 4.94. The fourth-order valence-electron chi connectivity index (χ4n) is 2.27. The van der Waals surface area contributed by atoms with Crippen LogP contribution in [0.15, 0.2) is 88.9 Å². The van der Waals surface area contributed by atoms with Crippen molar-refractivity contribution in [2.75, 3.05) is 5.75 Å². The molecule has 3 aromatic carbocycles. The zero-order chi connectivity index (χ0) is 19.6. The second-order valence-corrected chi connectivity index (χ2v) is 7.43. The van der Waals surface area contributed by atoms with Crippen molar-refractivity contribution in [3.8, 4) is 11.5 Å². The summed E-state index contributed by atoms with van der Waals surface area (Å²) in [4.78, 5) is 12.9. The number of benzene rings is 3. The minimum absolute atomic E-state index is 0.123. The number of carbonyl (C=O) groups excluding carboxylic acids is 1. The van der Waals surface area contributed by atoms with E-state index in [2.05, 4.69) is 10.5 Å². The predicted octanol–water partition coefficient (Wildman–Crippen LogP) is 5.76. The summed E-state index contributed by atoms with van der Waals surface area (Å²) >= 11 is 7.46. The smallest absolute Gasteiger partial charge is 0.240 e. The van der Waals surface area contributed by atoms with Gasteiger partial charge in [0.2, 0.25) is 5.91 Å². The summed E-state index contributed by atoms with van der Waals surface area (Å²) in [5, 5.41) is 4.71. The van der Waals surface area contributed by atoms with E-state index < -0.39 is 0 Å².